The highest BCUT2D eigenvalue weighted by atomic mass is 16.6. The van der Waals surface area contributed by atoms with E-state index < -0.39 is 0 Å². The zero-order chi connectivity index (χ0) is 12.3. The molecule has 0 bridgehead atoms. The van der Waals surface area contributed by atoms with E-state index in [-0.39, 0.29) is 12.1 Å². The van der Waals surface area contributed by atoms with Gasteiger partial charge in [-0.15, -0.1) is 0 Å². The summed E-state index contributed by atoms with van der Waals surface area (Å²) >= 11 is 0. The van der Waals surface area contributed by atoms with Gasteiger partial charge in [-0.1, -0.05) is 39.0 Å². The van der Waals surface area contributed by atoms with Crippen molar-refractivity contribution >= 4 is 5.97 Å². The minimum absolute atomic E-state index is 0.0593. The van der Waals surface area contributed by atoms with Crippen LogP contribution in [0.1, 0.15) is 64.7 Å². The number of hydrogen-bond donors (Lipinski definition) is 0. The number of rotatable bonds is 9. The zero-order valence-corrected chi connectivity index (χ0v) is 11.1. The molecule has 0 aromatic carbocycles. The van der Waals surface area contributed by atoms with Crippen LogP contribution in [0.3, 0.4) is 0 Å². The smallest absolute Gasteiger partial charge is 0.305 e. The summed E-state index contributed by atoms with van der Waals surface area (Å²) < 4.78 is 10.6. The molecule has 1 heterocycles. The first kappa shape index (κ1) is 14.5. The average molecular weight is 242 g/mol. The summed E-state index contributed by atoms with van der Waals surface area (Å²) in [5, 5.41) is 0. The molecule has 100 valence electrons. The summed E-state index contributed by atoms with van der Waals surface area (Å²) in [6, 6.07) is 0. The van der Waals surface area contributed by atoms with E-state index in [4.69, 9.17) is 9.47 Å². The monoisotopic (exact) mass is 242 g/mol. The van der Waals surface area contributed by atoms with Crippen molar-refractivity contribution in [2.24, 2.45) is 0 Å². The zero-order valence-electron chi connectivity index (χ0n) is 11.1. The van der Waals surface area contributed by atoms with Gasteiger partial charge in [0.2, 0.25) is 0 Å². The van der Waals surface area contributed by atoms with Gasteiger partial charge in [-0.3, -0.25) is 4.79 Å². The Hall–Kier alpha value is -0.570. The molecule has 1 atom stereocenters. The van der Waals surface area contributed by atoms with Crippen molar-refractivity contribution in [3.63, 3.8) is 0 Å². The molecule has 0 aromatic heterocycles. The molecule has 0 radical (unpaired) electrons. The van der Waals surface area contributed by atoms with E-state index in [2.05, 4.69) is 6.92 Å². The fraction of sp³-hybridized carbons (Fsp3) is 0.929. The molecule has 1 saturated heterocycles. The van der Waals surface area contributed by atoms with Crippen molar-refractivity contribution in [2.45, 2.75) is 70.8 Å². The number of hydrogen-bond acceptors (Lipinski definition) is 3. The number of unbranched alkanes of at least 4 members (excludes halogenated alkanes) is 5. The molecule has 1 unspecified atom stereocenters. The minimum atomic E-state index is -0.0593. The Bertz CT molecular complexity index is 198. The molecule has 0 aromatic rings. The highest BCUT2D eigenvalue weighted by Crippen LogP contribution is 2.13. The van der Waals surface area contributed by atoms with Crippen molar-refractivity contribution in [2.75, 3.05) is 13.2 Å². The topological polar surface area (TPSA) is 35.5 Å². The van der Waals surface area contributed by atoms with E-state index in [0.717, 1.165) is 32.3 Å². The van der Waals surface area contributed by atoms with Crippen LogP contribution in [0.15, 0.2) is 0 Å². The van der Waals surface area contributed by atoms with Crippen LogP contribution in [0.4, 0.5) is 0 Å². The van der Waals surface area contributed by atoms with Gasteiger partial charge in [-0.25, -0.2) is 0 Å². The highest BCUT2D eigenvalue weighted by Gasteiger charge is 2.17. The predicted molar refractivity (Wildman–Crippen MR) is 67.9 cm³/mol. The van der Waals surface area contributed by atoms with Crippen molar-refractivity contribution < 1.29 is 14.3 Å². The number of esters is 1. The lowest BCUT2D eigenvalue weighted by atomic mass is 10.1. The fourth-order valence-corrected chi connectivity index (χ4v) is 2.08. The quantitative estimate of drug-likeness (QED) is 0.459. The highest BCUT2D eigenvalue weighted by molar-refractivity contribution is 5.69. The summed E-state index contributed by atoms with van der Waals surface area (Å²) in [6.45, 7) is 3.48. The molecule has 17 heavy (non-hydrogen) atoms. The van der Waals surface area contributed by atoms with E-state index in [1.165, 1.54) is 25.7 Å². The van der Waals surface area contributed by atoms with E-state index >= 15 is 0 Å². The largest absolute Gasteiger partial charge is 0.463 e. The molecular weight excluding hydrogens is 216 g/mol. The van der Waals surface area contributed by atoms with E-state index in [0.29, 0.717) is 13.0 Å². The Balaban J connectivity index is 1.87. The molecule has 3 heteroatoms. The summed E-state index contributed by atoms with van der Waals surface area (Å²) in [7, 11) is 0. The minimum Gasteiger partial charge on any atom is -0.463 e. The Labute approximate surface area is 105 Å². The first-order valence-corrected chi connectivity index (χ1v) is 7.10. The Morgan fingerprint density at radius 1 is 1.24 bits per heavy atom. The van der Waals surface area contributed by atoms with Gasteiger partial charge in [-0.2, -0.15) is 0 Å². The van der Waals surface area contributed by atoms with Crippen molar-refractivity contribution in [1.29, 1.82) is 0 Å². The summed E-state index contributed by atoms with van der Waals surface area (Å²) in [6.07, 6.45) is 10.1. The van der Waals surface area contributed by atoms with Crippen LogP contribution >= 0.6 is 0 Å². The Morgan fingerprint density at radius 2 is 2.00 bits per heavy atom. The van der Waals surface area contributed by atoms with Gasteiger partial charge in [-0.05, 0) is 19.3 Å². The fourth-order valence-electron chi connectivity index (χ4n) is 2.08. The van der Waals surface area contributed by atoms with E-state index in [9.17, 15) is 4.79 Å². The molecule has 0 aliphatic carbocycles. The van der Waals surface area contributed by atoms with Crippen LogP contribution in [-0.2, 0) is 14.3 Å². The van der Waals surface area contributed by atoms with Gasteiger partial charge < -0.3 is 9.47 Å². The van der Waals surface area contributed by atoms with Crippen LogP contribution in [0.2, 0.25) is 0 Å². The normalized spacial score (nSPS) is 19.5. The molecule has 1 aliphatic rings. The first-order chi connectivity index (χ1) is 8.33. The molecule has 0 spiro atoms. The molecule has 0 N–H and O–H groups in total. The Morgan fingerprint density at radius 3 is 2.71 bits per heavy atom. The van der Waals surface area contributed by atoms with Crippen LogP contribution in [0, 0.1) is 0 Å². The second-order valence-corrected chi connectivity index (χ2v) is 4.84. The van der Waals surface area contributed by atoms with Crippen LogP contribution < -0.4 is 0 Å². The van der Waals surface area contributed by atoms with Crippen LogP contribution in [-0.4, -0.2) is 25.3 Å². The lowest BCUT2D eigenvalue weighted by Crippen LogP contribution is -2.17. The molecule has 0 saturated carbocycles. The third-order valence-electron chi connectivity index (χ3n) is 3.19. The average Bonchev–Trinajstić information content (AvgIpc) is 2.84. The molecule has 1 rings (SSSR count). The molecule has 1 aliphatic heterocycles. The Kier molecular flexibility index (Phi) is 8.06. The van der Waals surface area contributed by atoms with Crippen molar-refractivity contribution in [1.82, 2.24) is 0 Å². The summed E-state index contributed by atoms with van der Waals surface area (Å²) in [4.78, 5) is 11.4. The molecule has 0 amide bonds. The maximum absolute atomic E-state index is 11.4. The van der Waals surface area contributed by atoms with Gasteiger partial charge in [0.05, 0.1) is 6.10 Å². The van der Waals surface area contributed by atoms with Gasteiger partial charge in [0.1, 0.15) is 6.61 Å². The van der Waals surface area contributed by atoms with Gasteiger partial charge in [0.25, 0.3) is 0 Å². The van der Waals surface area contributed by atoms with Crippen LogP contribution in [0.25, 0.3) is 0 Å². The van der Waals surface area contributed by atoms with Crippen molar-refractivity contribution in [3.8, 4) is 0 Å². The third-order valence-corrected chi connectivity index (χ3v) is 3.19. The van der Waals surface area contributed by atoms with Crippen molar-refractivity contribution in [3.05, 3.63) is 0 Å². The molecule has 3 nitrogen and oxygen atoms in total. The van der Waals surface area contributed by atoms with E-state index in [1.807, 2.05) is 0 Å². The van der Waals surface area contributed by atoms with E-state index in [1.54, 1.807) is 0 Å². The molecular formula is C14H26O3. The van der Waals surface area contributed by atoms with Gasteiger partial charge in [0, 0.05) is 13.0 Å². The standard InChI is InChI=1S/C14H26O3/c1-2-3-4-5-6-7-10-14(15)17-12-13-9-8-11-16-13/h13H,2-12H2,1H3. The first-order valence-electron chi connectivity index (χ1n) is 7.10. The number of carbonyl (C=O) groups excluding carboxylic acids is 1. The lowest BCUT2D eigenvalue weighted by molar-refractivity contribution is -0.147. The number of ether oxygens (including phenoxy) is 2. The maximum atomic E-state index is 11.4. The maximum Gasteiger partial charge on any atom is 0.305 e. The van der Waals surface area contributed by atoms with Crippen LogP contribution in [0.5, 0.6) is 0 Å². The number of carbonyl (C=O) groups is 1. The second kappa shape index (κ2) is 9.46. The molecule has 1 fully saturated rings. The van der Waals surface area contributed by atoms with Gasteiger partial charge in [0.15, 0.2) is 0 Å². The SMILES string of the molecule is CCCCCCCCC(=O)OCC1CCCO1. The summed E-state index contributed by atoms with van der Waals surface area (Å²) in [5.41, 5.74) is 0. The predicted octanol–water partition coefficient (Wildman–Crippen LogP) is 3.46. The second-order valence-electron chi connectivity index (χ2n) is 4.84. The summed E-state index contributed by atoms with van der Waals surface area (Å²) in [5.74, 6) is -0.0593. The van der Waals surface area contributed by atoms with Gasteiger partial charge >= 0.3 is 5.97 Å². The third kappa shape index (κ3) is 7.37. The lowest BCUT2D eigenvalue weighted by Gasteiger charge is -2.09.